The number of rotatable bonds is 2. The summed E-state index contributed by atoms with van der Waals surface area (Å²) < 4.78 is 15.1. The summed E-state index contributed by atoms with van der Waals surface area (Å²) in [5.74, 6) is -0.962. The summed E-state index contributed by atoms with van der Waals surface area (Å²) in [6.07, 6.45) is 0. The van der Waals surface area contributed by atoms with Gasteiger partial charge in [-0.15, -0.1) is 0 Å². The standard InChI is InChI=1S/C13H6BrClFIO/c14-10-6-12(16)9(5-11(10)15)13(18)7-2-1-3-8(17)4-7/h1-6H. The van der Waals surface area contributed by atoms with Crippen LogP contribution in [0.25, 0.3) is 0 Å². The third-order valence-electron chi connectivity index (χ3n) is 2.34. The van der Waals surface area contributed by atoms with Crippen molar-refractivity contribution in [2.24, 2.45) is 0 Å². The number of carbonyl (C=O) groups excluding carboxylic acids is 1. The second-order valence-corrected chi connectivity index (χ2v) is 6.09. The molecule has 0 spiro atoms. The van der Waals surface area contributed by atoms with Gasteiger partial charge in [0.25, 0.3) is 0 Å². The fourth-order valence-electron chi connectivity index (χ4n) is 1.48. The molecule has 5 heteroatoms. The van der Waals surface area contributed by atoms with E-state index < -0.39 is 5.82 Å². The van der Waals surface area contributed by atoms with Gasteiger partial charge in [-0.25, -0.2) is 4.39 Å². The van der Waals surface area contributed by atoms with Gasteiger partial charge in [0.05, 0.1) is 10.6 Å². The molecule has 0 unspecified atom stereocenters. The van der Waals surface area contributed by atoms with E-state index in [1.54, 1.807) is 18.2 Å². The van der Waals surface area contributed by atoms with Crippen molar-refractivity contribution in [1.82, 2.24) is 0 Å². The highest BCUT2D eigenvalue weighted by atomic mass is 127. The molecule has 2 aromatic carbocycles. The molecule has 0 aromatic heterocycles. The maximum atomic E-state index is 13.8. The second-order valence-electron chi connectivity index (χ2n) is 3.59. The van der Waals surface area contributed by atoms with Crippen molar-refractivity contribution in [3.05, 3.63) is 66.4 Å². The van der Waals surface area contributed by atoms with Crippen molar-refractivity contribution in [2.75, 3.05) is 0 Å². The molecule has 0 heterocycles. The lowest BCUT2D eigenvalue weighted by molar-refractivity contribution is 0.103. The van der Waals surface area contributed by atoms with E-state index in [1.807, 2.05) is 6.07 Å². The first-order valence-electron chi connectivity index (χ1n) is 4.94. The van der Waals surface area contributed by atoms with E-state index in [4.69, 9.17) is 11.6 Å². The van der Waals surface area contributed by atoms with E-state index in [0.717, 1.165) is 3.57 Å². The van der Waals surface area contributed by atoms with Crippen molar-refractivity contribution in [2.45, 2.75) is 0 Å². The maximum absolute atomic E-state index is 13.8. The monoisotopic (exact) mass is 438 g/mol. The molecule has 0 amide bonds. The summed E-state index contributed by atoms with van der Waals surface area (Å²) in [6.45, 7) is 0. The predicted molar refractivity (Wildman–Crippen MR) is 81.7 cm³/mol. The Hall–Kier alpha value is -0.460. The van der Waals surface area contributed by atoms with Crippen LogP contribution in [0.5, 0.6) is 0 Å². The molecular weight excluding hydrogens is 433 g/mol. The van der Waals surface area contributed by atoms with Crippen LogP contribution < -0.4 is 0 Å². The third kappa shape index (κ3) is 2.92. The van der Waals surface area contributed by atoms with Gasteiger partial charge < -0.3 is 0 Å². The molecule has 0 radical (unpaired) electrons. The molecular formula is C13H6BrClFIO. The smallest absolute Gasteiger partial charge is 0.196 e. The number of halogens is 4. The Labute approximate surface area is 131 Å². The maximum Gasteiger partial charge on any atom is 0.196 e. The normalized spacial score (nSPS) is 10.4. The highest BCUT2D eigenvalue weighted by Crippen LogP contribution is 2.27. The van der Waals surface area contributed by atoms with Crippen molar-refractivity contribution >= 4 is 55.9 Å². The molecule has 0 bridgehead atoms. The minimum absolute atomic E-state index is 0.0230. The summed E-state index contributed by atoms with van der Waals surface area (Å²) >= 11 is 11.1. The lowest BCUT2D eigenvalue weighted by Crippen LogP contribution is -2.04. The topological polar surface area (TPSA) is 17.1 Å². The van der Waals surface area contributed by atoms with Crippen LogP contribution in [0.15, 0.2) is 40.9 Å². The molecule has 0 aliphatic heterocycles. The molecule has 0 aliphatic rings. The van der Waals surface area contributed by atoms with Gasteiger partial charge in [0.15, 0.2) is 5.78 Å². The van der Waals surface area contributed by atoms with Crippen molar-refractivity contribution in [3.63, 3.8) is 0 Å². The Morgan fingerprint density at radius 1 is 1.28 bits per heavy atom. The highest BCUT2D eigenvalue weighted by molar-refractivity contribution is 14.1. The van der Waals surface area contributed by atoms with Gasteiger partial charge in [0, 0.05) is 13.6 Å². The zero-order chi connectivity index (χ0) is 13.3. The molecule has 2 rings (SSSR count). The van der Waals surface area contributed by atoms with E-state index in [9.17, 15) is 9.18 Å². The van der Waals surface area contributed by atoms with E-state index in [1.165, 1.54) is 12.1 Å². The highest BCUT2D eigenvalue weighted by Gasteiger charge is 2.16. The van der Waals surface area contributed by atoms with E-state index >= 15 is 0 Å². The zero-order valence-corrected chi connectivity index (χ0v) is 13.4. The lowest BCUT2D eigenvalue weighted by atomic mass is 10.0. The van der Waals surface area contributed by atoms with Gasteiger partial charge >= 0.3 is 0 Å². The molecule has 2 aromatic rings. The Balaban J connectivity index is 2.49. The Morgan fingerprint density at radius 2 is 2.00 bits per heavy atom. The molecule has 0 aliphatic carbocycles. The quantitative estimate of drug-likeness (QED) is 0.363. The zero-order valence-electron chi connectivity index (χ0n) is 8.88. The summed E-state index contributed by atoms with van der Waals surface area (Å²) in [6, 6.07) is 9.51. The average molecular weight is 439 g/mol. The summed E-state index contributed by atoms with van der Waals surface area (Å²) in [4.78, 5) is 12.2. The van der Waals surface area contributed by atoms with Gasteiger partial charge in [-0.3, -0.25) is 4.79 Å². The van der Waals surface area contributed by atoms with Crippen LogP contribution in [0.1, 0.15) is 15.9 Å². The average Bonchev–Trinajstić information content (AvgIpc) is 2.33. The van der Waals surface area contributed by atoms with E-state index in [-0.39, 0.29) is 11.3 Å². The fourth-order valence-corrected chi connectivity index (χ4v) is 2.50. The largest absolute Gasteiger partial charge is 0.288 e. The van der Waals surface area contributed by atoms with Gasteiger partial charge in [0.2, 0.25) is 0 Å². The first kappa shape index (κ1) is 14.0. The summed E-state index contributed by atoms with van der Waals surface area (Å²) in [7, 11) is 0. The van der Waals surface area contributed by atoms with Crippen molar-refractivity contribution in [1.29, 1.82) is 0 Å². The van der Waals surface area contributed by atoms with Crippen LogP contribution in [-0.4, -0.2) is 5.78 Å². The second kappa shape index (κ2) is 5.67. The lowest BCUT2D eigenvalue weighted by Gasteiger charge is -2.05. The molecule has 1 nitrogen and oxygen atoms in total. The fraction of sp³-hybridized carbons (Fsp3) is 0. The number of benzene rings is 2. The number of hydrogen-bond acceptors (Lipinski definition) is 1. The van der Waals surface area contributed by atoms with Crippen LogP contribution >= 0.6 is 50.1 Å². The van der Waals surface area contributed by atoms with Crippen LogP contribution in [0.2, 0.25) is 5.02 Å². The molecule has 0 saturated carbocycles. The van der Waals surface area contributed by atoms with Crippen molar-refractivity contribution < 1.29 is 9.18 Å². The van der Waals surface area contributed by atoms with Crippen LogP contribution in [0.4, 0.5) is 4.39 Å². The van der Waals surface area contributed by atoms with Gasteiger partial charge in [-0.05, 0) is 62.8 Å². The third-order valence-corrected chi connectivity index (χ3v) is 4.21. The number of carbonyl (C=O) groups is 1. The minimum atomic E-state index is -0.588. The summed E-state index contributed by atoms with van der Waals surface area (Å²) in [5.41, 5.74) is 0.421. The van der Waals surface area contributed by atoms with E-state index in [0.29, 0.717) is 15.1 Å². The van der Waals surface area contributed by atoms with Crippen LogP contribution in [-0.2, 0) is 0 Å². The Bertz CT molecular complexity index is 630. The van der Waals surface area contributed by atoms with Crippen LogP contribution in [0.3, 0.4) is 0 Å². The molecule has 0 fully saturated rings. The minimum Gasteiger partial charge on any atom is -0.288 e. The Morgan fingerprint density at radius 3 is 2.67 bits per heavy atom. The number of ketones is 1. The first-order valence-corrected chi connectivity index (χ1v) is 7.19. The molecule has 92 valence electrons. The number of hydrogen-bond donors (Lipinski definition) is 0. The van der Waals surface area contributed by atoms with E-state index in [2.05, 4.69) is 38.5 Å². The molecule has 0 N–H and O–H groups in total. The first-order chi connectivity index (χ1) is 8.49. The van der Waals surface area contributed by atoms with Gasteiger partial charge in [-0.2, -0.15) is 0 Å². The SMILES string of the molecule is O=C(c1cccc(I)c1)c1cc(Cl)c(Br)cc1F. The predicted octanol–water partition coefficient (Wildman–Crippen LogP) is 5.08. The summed E-state index contributed by atoms with van der Waals surface area (Å²) in [5, 5.41) is 0.311. The molecule has 0 saturated heterocycles. The molecule has 18 heavy (non-hydrogen) atoms. The van der Waals surface area contributed by atoms with Crippen molar-refractivity contribution in [3.8, 4) is 0 Å². The molecule has 0 atom stereocenters. The Kier molecular flexibility index (Phi) is 4.40. The van der Waals surface area contributed by atoms with Crippen LogP contribution in [0, 0.1) is 9.39 Å². The van der Waals surface area contributed by atoms with Gasteiger partial charge in [0.1, 0.15) is 5.82 Å². The van der Waals surface area contributed by atoms with Gasteiger partial charge in [-0.1, -0.05) is 23.7 Å².